The van der Waals surface area contributed by atoms with Crippen molar-refractivity contribution in [2.75, 3.05) is 6.61 Å². The standard InChI is InChI=1S/C4H9.2C3H7.C2H5O.Sn/c1-3-4-2;2*1-3-2;1-2-3;/h1,3-4H2,2H3;2*1,3H2,2H3;2H2,1H3;/q;;;-1;+1. The molecule has 0 rings (SSSR count). The Morgan fingerprint density at radius 1 is 0.786 bits per heavy atom. The zero-order valence-electron chi connectivity index (χ0n) is 10.6. The molecule has 0 radical (unpaired) electrons. The normalized spacial score (nSPS) is 12.0. The summed E-state index contributed by atoms with van der Waals surface area (Å²) in [6.45, 7) is 10.0. The van der Waals surface area contributed by atoms with Crippen molar-refractivity contribution in [3.63, 3.8) is 0 Å². The van der Waals surface area contributed by atoms with E-state index in [0.29, 0.717) is 0 Å². The van der Waals surface area contributed by atoms with Gasteiger partial charge in [-0.3, -0.25) is 0 Å². The predicted octanol–water partition coefficient (Wildman–Crippen LogP) is 4.59. The van der Waals surface area contributed by atoms with Gasteiger partial charge in [-0.25, -0.2) is 0 Å². The van der Waals surface area contributed by atoms with Gasteiger partial charge in [0.25, 0.3) is 0 Å². The van der Waals surface area contributed by atoms with Crippen LogP contribution in [0.15, 0.2) is 0 Å². The predicted molar refractivity (Wildman–Crippen MR) is 67.3 cm³/mol. The average molecular weight is 307 g/mol. The van der Waals surface area contributed by atoms with Gasteiger partial charge in [-0.05, 0) is 0 Å². The first-order valence-corrected chi connectivity index (χ1v) is 13.6. The van der Waals surface area contributed by atoms with Crippen molar-refractivity contribution in [1.29, 1.82) is 0 Å². The van der Waals surface area contributed by atoms with E-state index in [1.807, 2.05) is 0 Å². The van der Waals surface area contributed by atoms with Crippen molar-refractivity contribution >= 4 is 18.8 Å². The molecule has 0 aliphatic heterocycles. The Labute approximate surface area is 95.0 Å². The second-order valence-electron chi connectivity index (χ2n) is 4.22. The van der Waals surface area contributed by atoms with Gasteiger partial charge in [0.2, 0.25) is 0 Å². The molecule has 0 aliphatic rings. The maximum absolute atomic E-state index is 6.22. The van der Waals surface area contributed by atoms with Gasteiger partial charge in [0.15, 0.2) is 0 Å². The van der Waals surface area contributed by atoms with Gasteiger partial charge in [-0.1, -0.05) is 0 Å². The maximum atomic E-state index is 6.22. The molecule has 0 saturated heterocycles. The summed E-state index contributed by atoms with van der Waals surface area (Å²) in [5.74, 6) is 0. The quantitative estimate of drug-likeness (QED) is 0.566. The summed E-state index contributed by atoms with van der Waals surface area (Å²) < 4.78 is 10.6. The van der Waals surface area contributed by atoms with Crippen molar-refractivity contribution in [2.24, 2.45) is 0 Å². The van der Waals surface area contributed by atoms with Crippen LogP contribution < -0.4 is 0 Å². The number of rotatable bonds is 9. The van der Waals surface area contributed by atoms with Crippen molar-refractivity contribution < 1.29 is 3.07 Å². The van der Waals surface area contributed by atoms with Gasteiger partial charge in [0.05, 0.1) is 0 Å². The van der Waals surface area contributed by atoms with Crippen LogP contribution in [0.25, 0.3) is 0 Å². The Bertz CT molecular complexity index is 108. The summed E-state index contributed by atoms with van der Waals surface area (Å²) in [7, 11) is 0. The molecule has 2 heteroatoms. The Morgan fingerprint density at radius 2 is 1.36 bits per heavy atom. The van der Waals surface area contributed by atoms with Crippen LogP contribution in [-0.4, -0.2) is 25.4 Å². The van der Waals surface area contributed by atoms with Crippen molar-refractivity contribution in [3.8, 4) is 0 Å². The molecule has 0 aromatic rings. The summed E-state index contributed by atoms with van der Waals surface area (Å²) >= 11 is -2.09. The van der Waals surface area contributed by atoms with Crippen LogP contribution in [0.5, 0.6) is 0 Å². The minimum absolute atomic E-state index is 0.958. The molecule has 0 aromatic heterocycles. The third kappa shape index (κ3) is 5.59. The zero-order chi connectivity index (χ0) is 10.9. The van der Waals surface area contributed by atoms with Gasteiger partial charge in [-0.15, -0.1) is 0 Å². The van der Waals surface area contributed by atoms with Crippen LogP contribution in [0.4, 0.5) is 0 Å². The summed E-state index contributed by atoms with van der Waals surface area (Å²) in [5.41, 5.74) is 0. The van der Waals surface area contributed by atoms with E-state index in [2.05, 4.69) is 27.7 Å². The number of hydrogen-bond acceptors (Lipinski definition) is 1. The van der Waals surface area contributed by atoms with E-state index in [1.165, 1.54) is 39.0 Å². The Balaban J connectivity index is 4.21. The third-order valence-electron chi connectivity index (χ3n) is 2.85. The summed E-state index contributed by atoms with van der Waals surface area (Å²) in [6, 6.07) is 0. The minimum atomic E-state index is -2.09. The van der Waals surface area contributed by atoms with Gasteiger partial charge in [0, 0.05) is 0 Å². The van der Waals surface area contributed by atoms with E-state index in [-0.39, 0.29) is 0 Å². The molecule has 0 spiro atoms. The van der Waals surface area contributed by atoms with Crippen LogP contribution in [0.3, 0.4) is 0 Å². The van der Waals surface area contributed by atoms with Crippen LogP contribution in [0, 0.1) is 0 Å². The fraction of sp³-hybridized carbons (Fsp3) is 1.00. The van der Waals surface area contributed by atoms with Gasteiger partial charge in [0.1, 0.15) is 0 Å². The second kappa shape index (κ2) is 9.02. The fourth-order valence-corrected chi connectivity index (χ4v) is 15.5. The first kappa shape index (κ1) is 14.8. The van der Waals surface area contributed by atoms with Crippen LogP contribution in [0.2, 0.25) is 13.3 Å². The Kier molecular flexibility index (Phi) is 9.51. The molecule has 0 atom stereocenters. The van der Waals surface area contributed by atoms with Crippen LogP contribution in [-0.2, 0) is 3.07 Å². The molecule has 0 heterocycles. The van der Waals surface area contributed by atoms with Gasteiger partial charge < -0.3 is 0 Å². The SMILES string of the molecule is CCC[CH2][Sn]([CH2]CC)([CH2]CC)[O]CC. The summed E-state index contributed by atoms with van der Waals surface area (Å²) in [4.78, 5) is 0. The Morgan fingerprint density at radius 3 is 1.71 bits per heavy atom. The molecule has 0 amide bonds. The number of hydrogen-bond donors (Lipinski definition) is 0. The number of unbranched alkanes of at least 4 members (excludes halogenated alkanes) is 1. The van der Waals surface area contributed by atoms with Gasteiger partial charge >= 0.3 is 95.2 Å². The molecule has 0 unspecified atom stereocenters. The van der Waals surface area contributed by atoms with Crippen LogP contribution in [0.1, 0.15) is 53.4 Å². The van der Waals surface area contributed by atoms with Crippen molar-refractivity contribution in [3.05, 3.63) is 0 Å². The first-order valence-electron chi connectivity index (χ1n) is 6.38. The first-order chi connectivity index (χ1) is 6.74. The van der Waals surface area contributed by atoms with Crippen LogP contribution >= 0.6 is 0 Å². The molecular weight excluding hydrogens is 279 g/mol. The molecule has 0 saturated carbocycles. The van der Waals surface area contributed by atoms with Crippen molar-refractivity contribution in [2.45, 2.75) is 66.7 Å². The Hall–Kier alpha value is 0.759. The van der Waals surface area contributed by atoms with E-state index in [0.717, 1.165) is 6.61 Å². The summed E-state index contributed by atoms with van der Waals surface area (Å²) in [5, 5.41) is 0. The second-order valence-corrected chi connectivity index (χ2v) is 16.1. The van der Waals surface area contributed by atoms with E-state index in [1.54, 1.807) is 0 Å². The molecule has 14 heavy (non-hydrogen) atoms. The molecule has 0 aromatic carbocycles. The van der Waals surface area contributed by atoms with E-state index in [4.69, 9.17) is 3.07 Å². The van der Waals surface area contributed by atoms with Gasteiger partial charge in [-0.2, -0.15) is 0 Å². The van der Waals surface area contributed by atoms with E-state index in [9.17, 15) is 0 Å². The zero-order valence-corrected chi connectivity index (χ0v) is 13.4. The topological polar surface area (TPSA) is 9.23 Å². The molecule has 0 fully saturated rings. The molecule has 86 valence electrons. The molecule has 1 nitrogen and oxygen atoms in total. The van der Waals surface area contributed by atoms with E-state index < -0.39 is 18.8 Å². The third-order valence-corrected chi connectivity index (χ3v) is 17.1. The van der Waals surface area contributed by atoms with Crippen molar-refractivity contribution in [1.82, 2.24) is 0 Å². The van der Waals surface area contributed by atoms with E-state index >= 15 is 0 Å². The molecule has 0 bridgehead atoms. The molecular formula is C12H28OSn. The summed E-state index contributed by atoms with van der Waals surface area (Å²) in [6.07, 6.45) is 5.40. The fourth-order valence-electron chi connectivity index (χ4n) is 2.31. The molecule has 0 N–H and O–H groups in total. The molecule has 0 aliphatic carbocycles. The average Bonchev–Trinajstić information content (AvgIpc) is 2.16. The monoisotopic (exact) mass is 308 g/mol.